The first-order valence-corrected chi connectivity index (χ1v) is 10.8. The van der Waals surface area contributed by atoms with Gasteiger partial charge in [0.2, 0.25) is 0 Å². The van der Waals surface area contributed by atoms with Crippen molar-refractivity contribution < 1.29 is 23.8 Å². The van der Waals surface area contributed by atoms with Gasteiger partial charge in [-0.1, -0.05) is 19.9 Å². The fourth-order valence-electron chi connectivity index (χ4n) is 4.68. The number of benzene rings is 2. The maximum absolute atomic E-state index is 13.5. The van der Waals surface area contributed by atoms with E-state index >= 15 is 0 Å². The number of allylic oxidation sites excluding steroid dienone is 3. The molecule has 2 aliphatic rings. The zero-order valence-electron chi connectivity index (χ0n) is 19.1. The summed E-state index contributed by atoms with van der Waals surface area (Å²) in [5.41, 5.74) is 3.29. The zero-order chi connectivity index (χ0) is 23.9. The second-order valence-corrected chi connectivity index (χ2v) is 9.32. The Bertz CT molecular complexity index is 1200. The molecular weight excluding hydrogens is 423 g/mol. The molecule has 4 rings (SSSR count). The number of hydrogen-bond donors (Lipinski definition) is 3. The molecule has 0 radical (unpaired) electrons. The maximum Gasteiger partial charge on any atom is 0.254 e. The van der Waals surface area contributed by atoms with Gasteiger partial charge in [-0.05, 0) is 60.7 Å². The first kappa shape index (κ1) is 22.6. The summed E-state index contributed by atoms with van der Waals surface area (Å²) in [7, 11) is 1.45. The minimum atomic E-state index is -0.639. The Kier molecular flexibility index (Phi) is 5.74. The molecule has 2 aromatic rings. The lowest BCUT2D eigenvalue weighted by atomic mass is 9.68. The minimum absolute atomic E-state index is 0.0228. The van der Waals surface area contributed by atoms with E-state index in [2.05, 4.69) is 10.6 Å². The number of hydrogen-bond acceptors (Lipinski definition) is 5. The zero-order valence-corrected chi connectivity index (χ0v) is 19.1. The number of carbonyl (C=O) groups is 2. The van der Waals surface area contributed by atoms with Crippen LogP contribution < -0.4 is 15.4 Å². The number of dihydropyridines is 1. The smallest absolute Gasteiger partial charge is 0.254 e. The average molecular weight is 451 g/mol. The van der Waals surface area contributed by atoms with Gasteiger partial charge in [0, 0.05) is 40.6 Å². The fraction of sp³-hybridized carbons (Fsp3) is 0.308. The van der Waals surface area contributed by atoms with Gasteiger partial charge >= 0.3 is 0 Å². The molecule has 172 valence electrons. The van der Waals surface area contributed by atoms with Crippen LogP contribution in [-0.2, 0) is 9.59 Å². The number of aromatic hydroxyl groups is 1. The van der Waals surface area contributed by atoms with Crippen LogP contribution in [0.25, 0.3) is 0 Å². The van der Waals surface area contributed by atoms with Crippen LogP contribution in [0.15, 0.2) is 65.0 Å². The molecule has 0 saturated heterocycles. The lowest BCUT2D eigenvalue weighted by Gasteiger charge is -2.39. The van der Waals surface area contributed by atoms with Crippen LogP contribution >= 0.6 is 0 Å². The van der Waals surface area contributed by atoms with Gasteiger partial charge in [0.15, 0.2) is 17.3 Å². The quantitative estimate of drug-likeness (QED) is 0.624. The lowest BCUT2D eigenvalue weighted by Crippen LogP contribution is -2.39. The van der Waals surface area contributed by atoms with Crippen LogP contribution in [0.4, 0.5) is 10.1 Å². The SMILES string of the molecule is COc1cc(C2C(C(=O)Nc3ccc(F)cc3)=C(C)NC3=C2C(=O)CC(C)(C)C3)ccc1O. The van der Waals surface area contributed by atoms with Gasteiger partial charge in [-0.15, -0.1) is 0 Å². The molecule has 2 aromatic carbocycles. The standard InChI is InChI=1S/C26H27FN2O4/c1-14-22(25(32)29-17-8-6-16(27)7-9-17)23(15-5-10-19(30)21(11-15)33-4)24-18(28-14)12-26(2,3)13-20(24)31/h5-11,23,28,30H,12-13H2,1-4H3,(H,29,32). The van der Waals surface area contributed by atoms with Gasteiger partial charge in [-0.25, -0.2) is 4.39 Å². The average Bonchev–Trinajstić information content (AvgIpc) is 2.73. The van der Waals surface area contributed by atoms with Crippen LogP contribution in [0.2, 0.25) is 0 Å². The van der Waals surface area contributed by atoms with Crippen LogP contribution in [0.1, 0.15) is 45.1 Å². The number of amides is 1. The van der Waals surface area contributed by atoms with Crippen LogP contribution in [-0.4, -0.2) is 23.9 Å². The van der Waals surface area contributed by atoms with E-state index in [1.165, 1.54) is 37.4 Å². The third-order valence-electron chi connectivity index (χ3n) is 6.12. The predicted octanol–water partition coefficient (Wildman–Crippen LogP) is 4.78. The van der Waals surface area contributed by atoms with Crippen LogP contribution in [0.5, 0.6) is 11.5 Å². The number of halogens is 1. The molecule has 0 saturated carbocycles. The molecule has 0 fully saturated rings. The van der Waals surface area contributed by atoms with E-state index in [0.29, 0.717) is 40.9 Å². The molecule has 6 nitrogen and oxygen atoms in total. The summed E-state index contributed by atoms with van der Waals surface area (Å²) in [4.78, 5) is 26.8. The lowest BCUT2D eigenvalue weighted by molar-refractivity contribution is -0.118. The van der Waals surface area contributed by atoms with E-state index < -0.39 is 17.6 Å². The van der Waals surface area contributed by atoms with E-state index in [4.69, 9.17) is 4.74 Å². The summed E-state index contributed by atoms with van der Waals surface area (Å²) in [6.45, 7) is 5.90. The number of Topliss-reactive ketones (excluding diaryl/α,β-unsaturated/α-hetero) is 1. The topological polar surface area (TPSA) is 87.7 Å². The van der Waals surface area contributed by atoms with Gasteiger partial charge in [0.25, 0.3) is 5.91 Å². The summed E-state index contributed by atoms with van der Waals surface area (Å²) < 4.78 is 18.6. The van der Waals surface area contributed by atoms with Gasteiger partial charge in [0.05, 0.1) is 7.11 Å². The van der Waals surface area contributed by atoms with E-state index in [-0.39, 0.29) is 22.7 Å². The van der Waals surface area contributed by atoms with Crippen molar-refractivity contribution in [2.24, 2.45) is 5.41 Å². The summed E-state index contributed by atoms with van der Waals surface area (Å²) in [5.74, 6) is -1.23. The number of methoxy groups -OCH3 is 1. The molecule has 0 aromatic heterocycles. The summed E-state index contributed by atoms with van der Waals surface area (Å²) >= 11 is 0. The Hall–Kier alpha value is -3.61. The van der Waals surface area contributed by atoms with Crippen molar-refractivity contribution in [2.75, 3.05) is 12.4 Å². The number of ketones is 1. The van der Waals surface area contributed by atoms with Gasteiger partial charge in [0.1, 0.15) is 5.82 Å². The van der Waals surface area contributed by atoms with E-state index in [1.54, 1.807) is 19.1 Å². The Morgan fingerprint density at radius 1 is 1.18 bits per heavy atom. The summed E-state index contributed by atoms with van der Waals surface area (Å²) in [6, 6.07) is 10.4. The largest absolute Gasteiger partial charge is 0.504 e. The van der Waals surface area contributed by atoms with E-state index in [9.17, 15) is 19.1 Å². The van der Waals surface area contributed by atoms with Crippen molar-refractivity contribution in [3.8, 4) is 11.5 Å². The number of anilines is 1. The molecule has 7 heteroatoms. The Morgan fingerprint density at radius 3 is 2.55 bits per heavy atom. The molecule has 33 heavy (non-hydrogen) atoms. The second kappa shape index (κ2) is 8.39. The number of nitrogens with one attached hydrogen (secondary N) is 2. The van der Waals surface area contributed by atoms with Gasteiger partial charge in [-0.2, -0.15) is 0 Å². The fourth-order valence-corrected chi connectivity index (χ4v) is 4.68. The Balaban J connectivity index is 1.83. The molecule has 1 aliphatic heterocycles. The van der Waals surface area contributed by atoms with Crippen molar-refractivity contribution in [3.63, 3.8) is 0 Å². The van der Waals surface area contributed by atoms with Crippen molar-refractivity contribution in [2.45, 2.75) is 39.5 Å². The van der Waals surface area contributed by atoms with E-state index in [1.807, 2.05) is 13.8 Å². The van der Waals surface area contributed by atoms with Crippen LogP contribution in [0, 0.1) is 11.2 Å². The van der Waals surface area contributed by atoms with Crippen molar-refractivity contribution >= 4 is 17.4 Å². The molecule has 1 heterocycles. The summed E-state index contributed by atoms with van der Waals surface area (Å²) in [6.07, 6.45) is 1.04. The number of phenols is 1. The first-order chi connectivity index (χ1) is 15.6. The highest BCUT2D eigenvalue weighted by atomic mass is 19.1. The molecule has 0 spiro atoms. The third-order valence-corrected chi connectivity index (χ3v) is 6.12. The first-order valence-electron chi connectivity index (χ1n) is 10.8. The number of phenolic OH excluding ortho intramolecular Hbond substituents is 1. The molecule has 1 unspecified atom stereocenters. The molecule has 1 atom stereocenters. The predicted molar refractivity (Wildman–Crippen MR) is 123 cm³/mol. The second-order valence-electron chi connectivity index (χ2n) is 9.32. The van der Waals surface area contributed by atoms with Crippen molar-refractivity contribution in [1.29, 1.82) is 0 Å². The number of ether oxygens (including phenoxy) is 1. The Labute approximate surface area is 192 Å². The number of carbonyl (C=O) groups excluding carboxylic acids is 2. The summed E-state index contributed by atoms with van der Waals surface area (Å²) in [5, 5.41) is 16.2. The molecule has 3 N–H and O–H groups in total. The van der Waals surface area contributed by atoms with Crippen molar-refractivity contribution in [3.05, 3.63) is 76.4 Å². The molecule has 0 bridgehead atoms. The highest BCUT2D eigenvalue weighted by Crippen LogP contribution is 2.47. The monoisotopic (exact) mass is 450 g/mol. The number of rotatable bonds is 4. The minimum Gasteiger partial charge on any atom is -0.504 e. The maximum atomic E-state index is 13.5. The van der Waals surface area contributed by atoms with Gasteiger partial charge in [-0.3, -0.25) is 9.59 Å². The highest BCUT2D eigenvalue weighted by Gasteiger charge is 2.42. The molecular formula is C26H27FN2O4. The highest BCUT2D eigenvalue weighted by molar-refractivity contribution is 6.10. The Morgan fingerprint density at radius 2 is 1.88 bits per heavy atom. The molecule has 1 amide bonds. The van der Waals surface area contributed by atoms with Crippen LogP contribution in [0.3, 0.4) is 0 Å². The van der Waals surface area contributed by atoms with Crippen molar-refractivity contribution in [1.82, 2.24) is 5.32 Å². The van der Waals surface area contributed by atoms with Gasteiger partial charge < -0.3 is 20.5 Å². The molecule has 1 aliphatic carbocycles. The van der Waals surface area contributed by atoms with E-state index in [0.717, 1.165) is 5.70 Å². The third kappa shape index (κ3) is 4.35. The normalized spacial score (nSPS) is 19.7.